The van der Waals surface area contributed by atoms with Crippen LogP contribution in [0.25, 0.3) is 0 Å². The Hall–Kier alpha value is -4.54. The third kappa shape index (κ3) is 5.82. The minimum atomic E-state index is -4.97. The van der Waals surface area contributed by atoms with Gasteiger partial charge in [0.2, 0.25) is 0 Å². The van der Waals surface area contributed by atoms with Crippen LogP contribution in [0.4, 0.5) is 32.2 Å². The molecule has 1 unspecified atom stereocenters. The van der Waals surface area contributed by atoms with Crippen molar-refractivity contribution in [1.29, 1.82) is 5.26 Å². The second-order valence-electron chi connectivity index (χ2n) is 8.77. The summed E-state index contributed by atoms with van der Waals surface area (Å²) in [4.78, 5) is 26.4. The van der Waals surface area contributed by atoms with Crippen molar-refractivity contribution in [2.45, 2.75) is 38.4 Å². The summed E-state index contributed by atoms with van der Waals surface area (Å²) in [7, 11) is 0. The molecule has 2 heterocycles. The van der Waals surface area contributed by atoms with E-state index in [1.807, 2.05) is 5.32 Å². The molecule has 0 radical (unpaired) electrons. The first-order valence-electron chi connectivity index (χ1n) is 11.5. The number of hydrogen-bond donors (Lipinski definition) is 2. The number of rotatable bonds is 6. The van der Waals surface area contributed by atoms with Crippen LogP contribution in [0.1, 0.15) is 56.1 Å². The number of anilines is 1. The maximum absolute atomic E-state index is 13.9. The third-order valence-corrected chi connectivity index (χ3v) is 6.12. The average Bonchev–Trinajstić information content (AvgIpc) is 3.44. The van der Waals surface area contributed by atoms with Gasteiger partial charge in [-0.1, -0.05) is 24.3 Å². The molecule has 39 heavy (non-hydrogen) atoms. The lowest BCUT2D eigenvalue weighted by Gasteiger charge is -2.21. The minimum absolute atomic E-state index is 0.00638. The predicted octanol–water partition coefficient (Wildman–Crippen LogP) is 4.64. The lowest BCUT2D eigenvalue weighted by Crippen LogP contribution is -2.31. The van der Waals surface area contributed by atoms with Crippen molar-refractivity contribution in [2.75, 3.05) is 11.4 Å². The fraction of sp³-hybridized carbons (Fsp3) is 0.280. The molecule has 14 heteroatoms. The number of nitriles is 1. The van der Waals surface area contributed by atoms with E-state index in [1.54, 1.807) is 0 Å². The second kappa shape index (κ2) is 10.3. The van der Waals surface area contributed by atoms with Crippen LogP contribution < -0.4 is 15.5 Å². The molecule has 0 saturated heterocycles. The summed E-state index contributed by atoms with van der Waals surface area (Å²) in [5.41, 5.74) is -2.20. The van der Waals surface area contributed by atoms with E-state index in [-0.39, 0.29) is 36.6 Å². The van der Waals surface area contributed by atoms with Crippen LogP contribution in [0, 0.1) is 11.5 Å². The number of benzene rings is 2. The Morgan fingerprint density at radius 2 is 1.72 bits per heavy atom. The van der Waals surface area contributed by atoms with Gasteiger partial charge in [0.1, 0.15) is 11.4 Å². The van der Waals surface area contributed by atoms with Gasteiger partial charge in [-0.15, -0.1) is 0 Å². The summed E-state index contributed by atoms with van der Waals surface area (Å²) in [5, 5.41) is 16.6. The lowest BCUT2D eigenvalue weighted by molar-refractivity contribution is -0.142. The Labute approximate surface area is 217 Å². The number of halogens is 6. The van der Waals surface area contributed by atoms with E-state index in [4.69, 9.17) is 5.26 Å². The van der Waals surface area contributed by atoms with E-state index in [2.05, 4.69) is 10.4 Å². The summed E-state index contributed by atoms with van der Waals surface area (Å²) in [6.45, 7) is 1.50. The number of alkyl halides is 6. The van der Waals surface area contributed by atoms with Crippen molar-refractivity contribution in [3.05, 3.63) is 82.0 Å². The molecule has 4 rings (SSSR count). The highest BCUT2D eigenvalue weighted by Gasteiger charge is 2.44. The molecule has 1 atom stereocenters. The zero-order valence-electron chi connectivity index (χ0n) is 20.2. The second-order valence-corrected chi connectivity index (χ2v) is 8.77. The Morgan fingerprint density at radius 3 is 2.33 bits per heavy atom. The van der Waals surface area contributed by atoms with Gasteiger partial charge in [0, 0.05) is 18.7 Å². The van der Waals surface area contributed by atoms with E-state index >= 15 is 0 Å². The fourth-order valence-electron chi connectivity index (χ4n) is 4.28. The molecule has 1 aliphatic rings. The molecule has 0 spiro atoms. The Kier molecular flexibility index (Phi) is 7.27. The Bertz CT molecular complexity index is 1440. The number of carbonyl (C=O) groups excluding carboxylic acids is 2. The van der Waals surface area contributed by atoms with Gasteiger partial charge in [0.25, 0.3) is 11.8 Å². The Morgan fingerprint density at radius 1 is 1.03 bits per heavy atom. The zero-order valence-corrected chi connectivity index (χ0v) is 20.2. The van der Waals surface area contributed by atoms with Crippen LogP contribution in [0.15, 0.2) is 48.5 Å². The van der Waals surface area contributed by atoms with Crippen molar-refractivity contribution in [1.82, 2.24) is 20.4 Å². The zero-order chi connectivity index (χ0) is 28.5. The van der Waals surface area contributed by atoms with Crippen molar-refractivity contribution in [3.63, 3.8) is 0 Å². The van der Waals surface area contributed by atoms with Crippen molar-refractivity contribution in [3.8, 4) is 6.19 Å². The maximum Gasteiger partial charge on any atom is 0.436 e. The summed E-state index contributed by atoms with van der Waals surface area (Å²) in [6.07, 6.45) is -8.06. The monoisotopic (exact) mass is 550 g/mol. The van der Waals surface area contributed by atoms with Gasteiger partial charge < -0.3 is 10.2 Å². The number of nitrogens with one attached hydrogen (secondary N) is 2. The number of carbonyl (C=O) groups is 2. The highest BCUT2D eigenvalue weighted by molar-refractivity contribution is 6.01. The molecule has 0 fully saturated rings. The van der Waals surface area contributed by atoms with Crippen LogP contribution in [0.5, 0.6) is 0 Å². The molecule has 2 N–H and O–H groups in total. The molecule has 0 aliphatic carbocycles. The van der Waals surface area contributed by atoms with Gasteiger partial charge in [0.15, 0.2) is 11.9 Å². The van der Waals surface area contributed by atoms with Gasteiger partial charge in [0.05, 0.1) is 18.2 Å². The Balaban J connectivity index is 1.62. The molecule has 2 aromatic carbocycles. The molecule has 204 valence electrons. The first-order chi connectivity index (χ1) is 18.3. The molecule has 1 aromatic heterocycles. The summed E-state index contributed by atoms with van der Waals surface area (Å²) in [5.74, 6) is -1.86. The number of hydrogen-bond acceptors (Lipinski definition) is 5. The predicted molar refractivity (Wildman–Crippen MR) is 125 cm³/mol. The summed E-state index contributed by atoms with van der Waals surface area (Å²) < 4.78 is 82.1. The lowest BCUT2D eigenvalue weighted by atomic mass is 10.0. The SMILES string of the molecule is CC(NC(=O)c1c(C(F)(F)F)nn2c1N(Cc1cccc(C(F)(F)F)c1)CC2)c1ccc(C(=O)NC#N)cc1. The number of amides is 2. The first kappa shape index (κ1) is 27.5. The van der Waals surface area contributed by atoms with Crippen molar-refractivity contribution >= 4 is 17.6 Å². The molecular formula is C25H20F6N6O2. The van der Waals surface area contributed by atoms with Crippen LogP contribution in [-0.4, -0.2) is 28.1 Å². The van der Waals surface area contributed by atoms with Gasteiger partial charge in [-0.05, 0) is 42.3 Å². The summed E-state index contributed by atoms with van der Waals surface area (Å²) in [6, 6.07) is 9.36. The maximum atomic E-state index is 13.9. The molecule has 0 bridgehead atoms. The topological polar surface area (TPSA) is 103 Å². The largest absolute Gasteiger partial charge is 0.436 e. The third-order valence-electron chi connectivity index (χ3n) is 6.12. The smallest absolute Gasteiger partial charge is 0.350 e. The first-order valence-corrected chi connectivity index (χ1v) is 11.5. The normalized spacial score (nSPS) is 13.9. The van der Waals surface area contributed by atoms with Crippen LogP contribution in [0.3, 0.4) is 0 Å². The van der Waals surface area contributed by atoms with Gasteiger partial charge in [-0.25, -0.2) is 4.68 Å². The number of aromatic nitrogens is 2. The van der Waals surface area contributed by atoms with Gasteiger partial charge in [-0.2, -0.15) is 36.7 Å². The van der Waals surface area contributed by atoms with E-state index in [1.165, 1.54) is 54.4 Å². The standard InChI is InChI=1S/C25H20F6N6O2/c1-14(16-5-7-17(8-6-16)21(38)33-13-32)34-22(39)19-20(25(29,30)31)35-37-10-9-36(23(19)37)12-15-3-2-4-18(11-15)24(26,27)28/h2-8,11,14H,9-10,12H2,1H3,(H,33,38)(H,34,39). The van der Waals surface area contributed by atoms with Crippen LogP contribution in [-0.2, 0) is 25.4 Å². The van der Waals surface area contributed by atoms with E-state index < -0.39 is 47.0 Å². The highest BCUT2D eigenvalue weighted by atomic mass is 19.4. The molecule has 2 amide bonds. The van der Waals surface area contributed by atoms with Crippen LogP contribution in [0.2, 0.25) is 0 Å². The molecule has 8 nitrogen and oxygen atoms in total. The minimum Gasteiger partial charge on any atom is -0.350 e. The number of nitrogens with zero attached hydrogens (tertiary/aromatic N) is 4. The van der Waals surface area contributed by atoms with Crippen molar-refractivity contribution < 1.29 is 35.9 Å². The van der Waals surface area contributed by atoms with Crippen LogP contribution >= 0.6 is 0 Å². The molecule has 1 aliphatic heterocycles. The molecule has 0 saturated carbocycles. The van der Waals surface area contributed by atoms with Gasteiger partial charge in [-0.3, -0.25) is 14.9 Å². The summed E-state index contributed by atoms with van der Waals surface area (Å²) >= 11 is 0. The van der Waals surface area contributed by atoms with Gasteiger partial charge >= 0.3 is 12.4 Å². The van der Waals surface area contributed by atoms with E-state index in [0.29, 0.717) is 5.56 Å². The number of fused-ring (bicyclic) bond motifs is 1. The van der Waals surface area contributed by atoms with Crippen molar-refractivity contribution in [2.24, 2.45) is 0 Å². The van der Waals surface area contributed by atoms with E-state index in [9.17, 15) is 35.9 Å². The molecule has 3 aromatic rings. The fourth-order valence-corrected chi connectivity index (χ4v) is 4.28. The quantitative estimate of drug-likeness (QED) is 0.265. The molecular weight excluding hydrogens is 530 g/mol. The highest BCUT2D eigenvalue weighted by Crippen LogP contribution is 2.39. The average molecular weight is 550 g/mol. The van der Waals surface area contributed by atoms with E-state index in [0.717, 1.165) is 16.8 Å².